The minimum absolute atomic E-state index is 0.735. The molecule has 2 aliphatic rings. The van der Waals surface area contributed by atoms with Gasteiger partial charge < -0.3 is 15.0 Å². The summed E-state index contributed by atoms with van der Waals surface area (Å²) in [6, 6.07) is 0.735. The summed E-state index contributed by atoms with van der Waals surface area (Å²) in [5.74, 6) is 0.883. The highest BCUT2D eigenvalue weighted by molar-refractivity contribution is 4.79. The van der Waals surface area contributed by atoms with Crippen LogP contribution in [0.3, 0.4) is 0 Å². The maximum Gasteiger partial charge on any atom is 0.0469 e. The molecule has 0 aliphatic carbocycles. The van der Waals surface area contributed by atoms with Crippen molar-refractivity contribution in [3.05, 3.63) is 0 Å². The quantitative estimate of drug-likeness (QED) is 0.786. The topological polar surface area (TPSA) is 24.5 Å². The van der Waals surface area contributed by atoms with Gasteiger partial charge in [-0.25, -0.2) is 0 Å². The molecule has 0 aromatic rings. The van der Waals surface area contributed by atoms with E-state index in [9.17, 15) is 0 Å². The molecule has 0 spiro atoms. The summed E-state index contributed by atoms with van der Waals surface area (Å²) < 4.78 is 5.42. The summed E-state index contributed by atoms with van der Waals surface area (Å²) in [6.07, 6.45) is 5.25. The van der Waals surface area contributed by atoms with Gasteiger partial charge in [-0.2, -0.15) is 0 Å². The van der Waals surface area contributed by atoms with Crippen molar-refractivity contribution < 1.29 is 4.74 Å². The van der Waals surface area contributed by atoms with Crippen LogP contribution < -0.4 is 5.32 Å². The van der Waals surface area contributed by atoms with Gasteiger partial charge in [-0.3, -0.25) is 0 Å². The van der Waals surface area contributed by atoms with Crippen LogP contribution in [0.2, 0.25) is 0 Å². The summed E-state index contributed by atoms with van der Waals surface area (Å²) in [5, 5.41) is 3.59. The van der Waals surface area contributed by atoms with Crippen LogP contribution in [-0.2, 0) is 4.74 Å². The summed E-state index contributed by atoms with van der Waals surface area (Å²) >= 11 is 0. The van der Waals surface area contributed by atoms with Crippen LogP contribution in [0.5, 0.6) is 0 Å². The van der Waals surface area contributed by atoms with E-state index in [1.54, 1.807) is 0 Å². The van der Waals surface area contributed by atoms with Crippen LogP contribution >= 0.6 is 0 Å². The molecule has 3 heteroatoms. The first-order chi connectivity index (χ1) is 7.88. The van der Waals surface area contributed by atoms with Crippen molar-refractivity contribution in [2.45, 2.75) is 38.6 Å². The van der Waals surface area contributed by atoms with Crippen LogP contribution in [0.4, 0.5) is 0 Å². The zero-order valence-corrected chi connectivity index (χ0v) is 10.6. The lowest BCUT2D eigenvalue weighted by atomic mass is 9.97. The molecule has 3 nitrogen and oxygen atoms in total. The lowest BCUT2D eigenvalue weighted by molar-refractivity contribution is 0.0473. The van der Waals surface area contributed by atoms with E-state index in [0.717, 1.165) is 31.7 Å². The molecule has 2 saturated heterocycles. The SMILES string of the molecule is CCNC1CCCN(CC2CCOCC2)C1. The van der Waals surface area contributed by atoms with E-state index in [1.807, 2.05) is 0 Å². The molecule has 94 valence electrons. The fraction of sp³-hybridized carbons (Fsp3) is 1.00. The number of nitrogens with zero attached hydrogens (tertiary/aromatic N) is 1. The summed E-state index contributed by atoms with van der Waals surface area (Å²) in [5.41, 5.74) is 0. The number of likely N-dealkylation sites (N-methyl/N-ethyl adjacent to an activating group) is 1. The molecule has 0 aromatic heterocycles. The lowest BCUT2D eigenvalue weighted by Gasteiger charge is -2.36. The average Bonchev–Trinajstić information content (AvgIpc) is 2.31. The van der Waals surface area contributed by atoms with Gasteiger partial charge in [0.1, 0.15) is 0 Å². The van der Waals surface area contributed by atoms with Crippen molar-refractivity contribution in [2.24, 2.45) is 5.92 Å². The van der Waals surface area contributed by atoms with E-state index in [0.29, 0.717) is 0 Å². The molecule has 2 aliphatic heterocycles. The fourth-order valence-electron chi connectivity index (χ4n) is 2.97. The fourth-order valence-corrected chi connectivity index (χ4v) is 2.97. The molecular formula is C13H26N2O. The van der Waals surface area contributed by atoms with E-state index in [2.05, 4.69) is 17.1 Å². The minimum atomic E-state index is 0.735. The third kappa shape index (κ3) is 3.72. The molecule has 0 saturated carbocycles. The van der Waals surface area contributed by atoms with Crippen molar-refractivity contribution in [1.82, 2.24) is 10.2 Å². The molecule has 2 heterocycles. The van der Waals surface area contributed by atoms with Gasteiger partial charge in [0.25, 0.3) is 0 Å². The Hall–Kier alpha value is -0.120. The standard InChI is InChI=1S/C13H26N2O/c1-2-14-13-4-3-7-15(11-13)10-12-5-8-16-9-6-12/h12-14H,2-11H2,1H3. The van der Waals surface area contributed by atoms with Crippen LogP contribution in [0.1, 0.15) is 32.6 Å². The van der Waals surface area contributed by atoms with Gasteiger partial charge in [0, 0.05) is 32.3 Å². The van der Waals surface area contributed by atoms with E-state index in [4.69, 9.17) is 4.74 Å². The predicted octanol–water partition coefficient (Wildman–Crippen LogP) is 1.49. The second-order valence-corrected chi connectivity index (χ2v) is 5.21. The minimum Gasteiger partial charge on any atom is -0.381 e. The number of rotatable bonds is 4. The van der Waals surface area contributed by atoms with Gasteiger partial charge in [0.15, 0.2) is 0 Å². The summed E-state index contributed by atoms with van der Waals surface area (Å²) in [4.78, 5) is 2.66. The van der Waals surface area contributed by atoms with Crippen molar-refractivity contribution in [2.75, 3.05) is 39.4 Å². The zero-order chi connectivity index (χ0) is 11.2. The first-order valence-electron chi connectivity index (χ1n) is 6.92. The average molecular weight is 226 g/mol. The second-order valence-electron chi connectivity index (χ2n) is 5.21. The molecule has 0 radical (unpaired) electrons. The lowest BCUT2D eigenvalue weighted by Crippen LogP contribution is -2.47. The Morgan fingerprint density at radius 2 is 2.06 bits per heavy atom. The van der Waals surface area contributed by atoms with E-state index < -0.39 is 0 Å². The predicted molar refractivity (Wildman–Crippen MR) is 66.7 cm³/mol. The molecule has 16 heavy (non-hydrogen) atoms. The molecule has 0 aromatic carbocycles. The van der Waals surface area contributed by atoms with Crippen LogP contribution in [0.25, 0.3) is 0 Å². The number of nitrogens with one attached hydrogen (secondary N) is 1. The molecule has 2 rings (SSSR count). The molecule has 1 atom stereocenters. The monoisotopic (exact) mass is 226 g/mol. The van der Waals surface area contributed by atoms with E-state index in [-0.39, 0.29) is 0 Å². The number of piperidine rings is 1. The molecule has 1 unspecified atom stereocenters. The van der Waals surface area contributed by atoms with Gasteiger partial charge in [-0.15, -0.1) is 0 Å². The van der Waals surface area contributed by atoms with Crippen molar-refractivity contribution in [3.63, 3.8) is 0 Å². The van der Waals surface area contributed by atoms with Crippen molar-refractivity contribution in [1.29, 1.82) is 0 Å². The van der Waals surface area contributed by atoms with Gasteiger partial charge in [-0.05, 0) is 44.7 Å². The first-order valence-corrected chi connectivity index (χ1v) is 6.92. The van der Waals surface area contributed by atoms with Crippen molar-refractivity contribution >= 4 is 0 Å². The maximum atomic E-state index is 5.42. The highest BCUT2D eigenvalue weighted by Crippen LogP contribution is 2.18. The smallest absolute Gasteiger partial charge is 0.0469 e. The van der Waals surface area contributed by atoms with Crippen LogP contribution in [-0.4, -0.2) is 50.3 Å². The van der Waals surface area contributed by atoms with Gasteiger partial charge in [0.05, 0.1) is 0 Å². The number of ether oxygens (including phenoxy) is 1. The Kier molecular flexibility index (Phi) is 5.07. The number of hydrogen-bond donors (Lipinski definition) is 1. The summed E-state index contributed by atoms with van der Waals surface area (Å²) in [7, 11) is 0. The van der Waals surface area contributed by atoms with Crippen molar-refractivity contribution in [3.8, 4) is 0 Å². The van der Waals surface area contributed by atoms with E-state index >= 15 is 0 Å². The highest BCUT2D eigenvalue weighted by Gasteiger charge is 2.22. The van der Waals surface area contributed by atoms with Gasteiger partial charge in [-0.1, -0.05) is 6.92 Å². The number of hydrogen-bond acceptors (Lipinski definition) is 3. The third-order valence-corrected chi connectivity index (χ3v) is 3.86. The normalized spacial score (nSPS) is 29.4. The Morgan fingerprint density at radius 3 is 2.81 bits per heavy atom. The summed E-state index contributed by atoms with van der Waals surface area (Å²) in [6.45, 7) is 9.13. The maximum absolute atomic E-state index is 5.42. The molecule has 0 bridgehead atoms. The van der Waals surface area contributed by atoms with Crippen LogP contribution in [0, 0.1) is 5.92 Å². The molecule has 2 fully saturated rings. The molecule has 1 N–H and O–H groups in total. The Bertz CT molecular complexity index is 190. The second kappa shape index (κ2) is 6.58. The Labute approximate surface area is 99.5 Å². The van der Waals surface area contributed by atoms with Gasteiger partial charge >= 0.3 is 0 Å². The van der Waals surface area contributed by atoms with E-state index in [1.165, 1.54) is 45.3 Å². The molecule has 0 amide bonds. The van der Waals surface area contributed by atoms with Gasteiger partial charge in [0.2, 0.25) is 0 Å². The van der Waals surface area contributed by atoms with Crippen LogP contribution in [0.15, 0.2) is 0 Å². The largest absolute Gasteiger partial charge is 0.381 e. The zero-order valence-electron chi connectivity index (χ0n) is 10.6. The highest BCUT2D eigenvalue weighted by atomic mass is 16.5. The molecular weight excluding hydrogens is 200 g/mol. The Morgan fingerprint density at radius 1 is 1.25 bits per heavy atom. The first kappa shape index (κ1) is 12.3. The Balaban J connectivity index is 1.71. The number of likely N-dealkylation sites (tertiary alicyclic amines) is 1. The third-order valence-electron chi connectivity index (χ3n) is 3.86.